The molecule has 6 nitrogen and oxygen atoms in total. The zero-order valence-electron chi connectivity index (χ0n) is 12.2. The van der Waals surface area contributed by atoms with Crippen LogP contribution in [0.4, 0.5) is 0 Å². The van der Waals surface area contributed by atoms with Crippen molar-refractivity contribution in [3.05, 3.63) is 30.7 Å². The second-order valence-corrected chi connectivity index (χ2v) is 5.99. The molecule has 1 aliphatic rings. The van der Waals surface area contributed by atoms with Crippen LogP contribution in [0, 0.1) is 0 Å². The molecule has 3 heterocycles. The van der Waals surface area contributed by atoms with E-state index in [9.17, 15) is 0 Å². The van der Waals surface area contributed by atoms with Crippen LogP contribution in [0.5, 0.6) is 0 Å². The molecule has 0 N–H and O–H groups in total. The standard InChI is InChI=1S/C13H18BN3O3/c1-12(2)13(3,4)20-14(19-12)10-7-16-17(8-10)9-11-15-5-6-18-11/h5-8H,9H2,1-4H3. The van der Waals surface area contributed by atoms with Crippen molar-refractivity contribution in [3.8, 4) is 0 Å². The first-order chi connectivity index (χ1) is 9.37. The molecule has 0 aliphatic carbocycles. The molecule has 106 valence electrons. The molecule has 0 saturated carbocycles. The summed E-state index contributed by atoms with van der Waals surface area (Å²) in [6.45, 7) is 8.62. The van der Waals surface area contributed by atoms with Crippen molar-refractivity contribution in [2.75, 3.05) is 0 Å². The van der Waals surface area contributed by atoms with Crippen LogP contribution in [0.15, 0.2) is 29.3 Å². The average molecular weight is 275 g/mol. The molecular weight excluding hydrogens is 257 g/mol. The van der Waals surface area contributed by atoms with Crippen LogP contribution in [0.3, 0.4) is 0 Å². The maximum Gasteiger partial charge on any atom is 0.498 e. The zero-order valence-corrected chi connectivity index (χ0v) is 12.2. The van der Waals surface area contributed by atoms with E-state index in [2.05, 4.69) is 10.1 Å². The monoisotopic (exact) mass is 275 g/mol. The Morgan fingerprint density at radius 2 is 1.90 bits per heavy atom. The third kappa shape index (κ3) is 2.27. The Morgan fingerprint density at radius 3 is 2.50 bits per heavy atom. The van der Waals surface area contributed by atoms with E-state index in [1.807, 2.05) is 33.9 Å². The molecule has 7 heteroatoms. The van der Waals surface area contributed by atoms with Crippen LogP contribution < -0.4 is 5.46 Å². The molecule has 0 bridgehead atoms. The smallest absolute Gasteiger partial charge is 0.447 e. The van der Waals surface area contributed by atoms with E-state index >= 15 is 0 Å². The predicted octanol–water partition coefficient (Wildman–Crippen LogP) is 1.22. The van der Waals surface area contributed by atoms with Crippen molar-refractivity contribution in [1.29, 1.82) is 0 Å². The van der Waals surface area contributed by atoms with Crippen LogP contribution in [0.1, 0.15) is 33.6 Å². The lowest BCUT2D eigenvalue weighted by Crippen LogP contribution is -2.41. The van der Waals surface area contributed by atoms with Crippen LogP contribution in [0.2, 0.25) is 0 Å². The molecule has 0 radical (unpaired) electrons. The number of aromatic nitrogens is 3. The van der Waals surface area contributed by atoms with Crippen molar-refractivity contribution in [3.63, 3.8) is 0 Å². The topological polar surface area (TPSA) is 62.3 Å². The molecule has 1 aliphatic heterocycles. The molecule has 2 aromatic rings. The second kappa shape index (κ2) is 4.46. The largest absolute Gasteiger partial charge is 0.498 e. The van der Waals surface area contributed by atoms with Gasteiger partial charge >= 0.3 is 7.12 Å². The summed E-state index contributed by atoms with van der Waals surface area (Å²) in [6.07, 6.45) is 6.82. The lowest BCUT2D eigenvalue weighted by molar-refractivity contribution is 0.00578. The first-order valence-corrected chi connectivity index (χ1v) is 6.64. The molecule has 1 saturated heterocycles. The van der Waals surface area contributed by atoms with Gasteiger partial charge in [-0.15, -0.1) is 0 Å². The fourth-order valence-corrected chi connectivity index (χ4v) is 2.04. The van der Waals surface area contributed by atoms with Crippen molar-refractivity contribution >= 4 is 12.6 Å². The lowest BCUT2D eigenvalue weighted by Gasteiger charge is -2.32. The van der Waals surface area contributed by atoms with E-state index in [0.717, 1.165) is 5.46 Å². The minimum absolute atomic E-state index is 0.345. The van der Waals surface area contributed by atoms with Gasteiger partial charge in [0.1, 0.15) is 12.8 Å². The highest BCUT2D eigenvalue weighted by molar-refractivity contribution is 6.61. The second-order valence-electron chi connectivity index (χ2n) is 5.99. The van der Waals surface area contributed by atoms with E-state index in [0.29, 0.717) is 12.4 Å². The Labute approximate surface area is 118 Å². The Hall–Kier alpha value is -1.60. The van der Waals surface area contributed by atoms with E-state index in [4.69, 9.17) is 13.7 Å². The van der Waals surface area contributed by atoms with Gasteiger partial charge in [0.15, 0.2) is 0 Å². The summed E-state index contributed by atoms with van der Waals surface area (Å²) in [4.78, 5) is 4.07. The average Bonchev–Trinajstić information content (AvgIpc) is 3.02. The van der Waals surface area contributed by atoms with Crippen LogP contribution >= 0.6 is 0 Å². The first-order valence-electron chi connectivity index (χ1n) is 6.64. The van der Waals surface area contributed by atoms with Crippen LogP contribution in [-0.4, -0.2) is 33.1 Å². The summed E-state index contributed by atoms with van der Waals surface area (Å²) in [5, 5.41) is 4.29. The van der Waals surface area contributed by atoms with Gasteiger partial charge in [0, 0.05) is 17.9 Å². The van der Waals surface area contributed by atoms with E-state index in [-0.39, 0.29) is 11.2 Å². The summed E-state index contributed by atoms with van der Waals surface area (Å²) < 4.78 is 18.9. The van der Waals surface area contributed by atoms with Gasteiger partial charge in [-0.1, -0.05) is 0 Å². The summed E-state index contributed by atoms with van der Waals surface area (Å²) >= 11 is 0. The Balaban J connectivity index is 1.75. The maximum atomic E-state index is 5.98. The van der Waals surface area contributed by atoms with Gasteiger partial charge in [-0.05, 0) is 27.7 Å². The molecule has 2 aromatic heterocycles. The maximum absolute atomic E-state index is 5.98. The highest BCUT2D eigenvalue weighted by atomic mass is 16.7. The fourth-order valence-electron chi connectivity index (χ4n) is 2.04. The number of hydrogen-bond acceptors (Lipinski definition) is 5. The summed E-state index contributed by atoms with van der Waals surface area (Å²) in [5.41, 5.74) is 0.209. The first kappa shape index (κ1) is 13.4. The third-order valence-corrected chi connectivity index (χ3v) is 3.96. The Morgan fingerprint density at radius 1 is 1.20 bits per heavy atom. The molecule has 0 aromatic carbocycles. The molecular formula is C13H18BN3O3. The number of oxazole rings is 1. The Bertz CT molecular complexity index is 576. The Kier molecular flexibility index (Phi) is 2.99. The van der Waals surface area contributed by atoms with Crippen molar-refractivity contribution < 1.29 is 13.7 Å². The van der Waals surface area contributed by atoms with Gasteiger partial charge in [-0.25, -0.2) is 4.98 Å². The van der Waals surface area contributed by atoms with E-state index in [1.165, 1.54) is 0 Å². The van der Waals surface area contributed by atoms with Crippen LogP contribution in [0.25, 0.3) is 0 Å². The van der Waals surface area contributed by atoms with Crippen LogP contribution in [-0.2, 0) is 15.9 Å². The minimum Gasteiger partial charge on any atom is -0.447 e. The van der Waals surface area contributed by atoms with E-state index < -0.39 is 7.12 Å². The molecule has 20 heavy (non-hydrogen) atoms. The molecule has 0 unspecified atom stereocenters. The molecule has 0 amide bonds. The normalized spacial score (nSPS) is 20.5. The molecule has 3 rings (SSSR count). The number of rotatable bonds is 3. The zero-order chi connectivity index (χ0) is 14.4. The van der Waals surface area contributed by atoms with Crippen molar-refractivity contribution in [2.45, 2.75) is 45.4 Å². The molecule has 0 spiro atoms. The molecule has 0 atom stereocenters. The highest BCUT2D eigenvalue weighted by Crippen LogP contribution is 2.36. The highest BCUT2D eigenvalue weighted by Gasteiger charge is 2.52. The quantitative estimate of drug-likeness (QED) is 0.788. The van der Waals surface area contributed by atoms with Gasteiger partial charge in [0.05, 0.1) is 17.4 Å². The predicted molar refractivity (Wildman–Crippen MR) is 73.5 cm³/mol. The summed E-state index contributed by atoms with van der Waals surface area (Å²) in [5.74, 6) is 0.619. The van der Waals surface area contributed by atoms with Crippen molar-refractivity contribution in [1.82, 2.24) is 14.8 Å². The number of hydrogen-bond donors (Lipinski definition) is 0. The summed E-state index contributed by atoms with van der Waals surface area (Å²) in [7, 11) is -0.390. The van der Waals surface area contributed by atoms with E-state index in [1.54, 1.807) is 23.3 Å². The van der Waals surface area contributed by atoms with Gasteiger partial charge in [0.25, 0.3) is 0 Å². The van der Waals surface area contributed by atoms with Crippen molar-refractivity contribution in [2.24, 2.45) is 0 Å². The third-order valence-electron chi connectivity index (χ3n) is 3.96. The summed E-state index contributed by atoms with van der Waals surface area (Å²) in [6, 6.07) is 0. The van der Waals surface area contributed by atoms with Gasteiger partial charge < -0.3 is 13.7 Å². The lowest BCUT2D eigenvalue weighted by atomic mass is 9.82. The molecule has 1 fully saturated rings. The number of nitrogens with zero attached hydrogens (tertiary/aromatic N) is 3. The van der Waals surface area contributed by atoms with Gasteiger partial charge in [-0.2, -0.15) is 5.10 Å². The fraction of sp³-hybridized carbons (Fsp3) is 0.538. The minimum atomic E-state index is -0.390. The van der Waals surface area contributed by atoms with Gasteiger partial charge in [0.2, 0.25) is 5.89 Å². The SMILES string of the molecule is CC1(C)OB(c2cnn(Cc3ncco3)c2)OC1(C)C. The van der Waals surface area contributed by atoms with Gasteiger partial charge in [-0.3, -0.25) is 4.68 Å².